The van der Waals surface area contributed by atoms with Gasteiger partial charge in [-0.15, -0.1) is 0 Å². The van der Waals surface area contributed by atoms with Gasteiger partial charge in [0.2, 0.25) is 0 Å². The van der Waals surface area contributed by atoms with E-state index in [9.17, 15) is 21.6 Å². The fourth-order valence-electron chi connectivity index (χ4n) is 3.34. The van der Waals surface area contributed by atoms with E-state index in [2.05, 4.69) is 5.32 Å². The van der Waals surface area contributed by atoms with E-state index in [4.69, 9.17) is 9.47 Å². The molecule has 0 spiro atoms. The predicted octanol–water partition coefficient (Wildman–Crippen LogP) is 1.67. The van der Waals surface area contributed by atoms with E-state index in [1.807, 2.05) is 0 Å². The lowest BCUT2D eigenvalue weighted by atomic mass is 10.2. The monoisotopic (exact) mass is 437 g/mol. The number of sulfone groups is 2. The number of ether oxygens (including phenoxy) is 2. The van der Waals surface area contributed by atoms with Crippen LogP contribution in [0.25, 0.3) is 0 Å². The SMILES string of the molecule is O=C(Nc1ccc2c(c1)OCCO2)c1cccc(S(=O)(=O)[C@H]2CCS(=O)(=O)C2)c1. The number of nitrogens with one attached hydrogen (secondary N) is 1. The van der Waals surface area contributed by atoms with E-state index in [1.54, 1.807) is 18.2 Å². The van der Waals surface area contributed by atoms with Gasteiger partial charge in [0.15, 0.2) is 31.2 Å². The second-order valence-electron chi connectivity index (χ2n) is 6.91. The fraction of sp³-hybridized carbons (Fsp3) is 0.316. The maximum absolute atomic E-state index is 12.8. The van der Waals surface area contributed by atoms with Crippen LogP contribution in [0.15, 0.2) is 47.4 Å². The highest BCUT2D eigenvalue weighted by molar-refractivity contribution is 7.96. The van der Waals surface area contributed by atoms with Crippen molar-refractivity contribution in [3.05, 3.63) is 48.0 Å². The van der Waals surface area contributed by atoms with Crippen LogP contribution in [0.2, 0.25) is 0 Å². The molecular formula is C19H19NO7S2. The molecule has 2 aliphatic rings. The molecule has 1 saturated heterocycles. The number of carbonyl (C=O) groups is 1. The maximum atomic E-state index is 12.8. The van der Waals surface area contributed by atoms with Crippen molar-refractivity contribution in [2.45, 2.75) is 16.6 Å². The molecule has 2 aliphatic heterocycles. The number of benzene rings is 2. The third-order valence-corrected chi connectivity index (χ3v) is 9.02. The van der Waals surface area contributed by atoms with Gasteiger partial charge in [-0.2, -0.15) is 0 Å². The number of carbonyl (C=O) groups excluding carboxylic acids is 1. The van der Waals surface area contributed by atoms with Crippen LogP contribution in [0.4, 0.5) is 5.69 Å². The molecule has 0 radical (unpaired) electrons. The Bertz CT molecular complexity index is 1170. The molecule has 0 unspecified atom stereocenters. The average molecular weight is 437 g/mol. The topological polar surface area (TPSA) is 116 Å². The molecule has 4 rings (SSSR count). The quantitative estimate of drug-likeness (QED) is 0.773. The Labute approximate surface area is 168 Å². The lowest BCUT2D eigenvalue weighted by molar-refractivity contribution is 0.102. The van der Waals surface area contributed by atoms with Crippen LogP contribution >= 0.6 is 0 Å². The van der Waals surface area contributed by atoms with Gasteiger partial charge >= 0.3 is 0 Å². The summed E-state index contributed by atoms with van der Waals surface area (Å²) >= 11 is 0. The molecule has 154 valence electrons. The lowest BCUT2D eigenvalue weighted by Gasteiger charge is -2.19. The lowest BCUT2D eigenvalue weighted by Crippen LogP contribution is -2.23. The van der Waals surface area contributed by atoms with E-state index in [0.717, 1.165) is 0 Å². The Balaban J connectivity index is 1.55. The van der Waals surface area contributed by atoms with E-state index in [-0.39, 0.29) is 28.4 Å². The molecule has 1 atom stereocenters. The molecular weight excluding hydrogens is 418 g/mol. The van der Waals surface area contributed by atoms with Crippen molar-refractivity contribution < 1.29 is 31.1 Å². The molecule has 2 aromatic carbocycles. The van der Waals surface area contributed by atoms with Gasteiger partial charge in [-0.25, -0.2) is 16.8 Å². The number of hydrogen-bond acceptors (Lipinski definition) is 7. The van der Waals surface area contributed by atoms with Crippen LogP contribution in [0.1, 0.15) is 16.8 Å². The predicted molar refractivity (Wildman–Crippen MR) is 106 cm³/mol. The minimum Gasteiger partial charge on any atom is -0.486 e. The molecule has 0 bridgehead atoms. The number of amides is 1. The largest absolute Gasteiger partial charge is 0.486 e. The number of fused-ring (bicyclic) bond motifs is 1. The van der Waals surface area contributed by atoms with Crippen LogP contribution in [-0.2, 0) is 19.7 Å². The summed E-state index contributed by atoms with van der Waals surface area (Å²) in [5.74, 6) is 0.101. The zero-order valence-corrected chi connectivity index (χ0v) is 17.0. The Kier molecular flexibility index (Phi) is 4.99. The van der Waals surface area contributed by atoms with Crippen LogP contribution in [0, 0.1) is 0 Å². The Morgan fingerprint density at radius 1 is 1.03 bits per heavy atom. The number of rotatable bonds is 4. The van der Waals surface area contributed by atoms with E-state index in [1.165, 1.54) is 24.3 Å². The summed E-state index contributed by atoms with van der Waals surface area (Å²) in [6.07, 6.45) is 0.0677. The van der Waals surface area contributed by atoms with Crippen molar-refractivity contribution in [3.63, 3.8) is 0 Å². The second-order valence-corrected chi connectivity index (χ2v) is 11.4. The minimum atomic E-state index is -3.85. The van der Waals surface area contributed by atoms with Crippen molar-refractivity contribution in [1.29, 1.82) is 0 Å². The minimum absolute atomic E-state index is 0.0607. The van der Waals surface area contributed by atoms with Gasteiger partial charge in [0.1, 0.15) is 13.2 Å². The zero-order valence-electron chi connectivity index (χ0n) is 15.3. The van der Waals surface area contributed by atoms with Gasteiger partial charge in [-0.1, -0.05) is 6.07 Å². The summed E-state index contributed by atoms with van der Waals surface area (Å²) in [4.78, 5) is 12.6. The van der Waals surface area contributed by atoms with Crippen LogP contribution in [-0.4, -0.2) is 52.7 Å². The molecule has 29 heavy (non-hydrogen) atoms. The first-order chi connectivity index (χ1) is 13.7. The molecule has 1 N–H and O–H groups in total. The van der Waals surface area contributed by atoms with E-state index >= 15 is 0 Å². The van der Waals surface area contributed by atoms with Gasteiger partial charge in [0, 0.05) is 17.3 Å². The smallest absolute Gasteiger partial charge is 0.255 e. The van der Waals surface area contributed by atoms with Crippen LogP contribution in [0.5, 0.6) is 11.5 Å². The van der Waals surface area contributed by atoms with Crippen LogP contribution in [0.3, 0.4) is 0 Å². The zero-order chi connectivity index (χ0) is 20.6. The van der Waals surface area contributed by atoms with Crippen molar-refractivity contribution in [2.75, 3.05) is 30.0 Å². The molecule has 0 aliphatic carbocycles. The average Bonchev–Trinajstić information content (AvgIpc) is 3.08. The highest BCUT2D eigenvalue weighted by atomic mass is 32.2. The Hall–Kier alpha value is -2.59. The normalized spacial score (nSPS) is 20.2. The van der Waals surface area contributed by atoms with Gasteiger partial charge < -0.3 is 14.8 Å². The summed E-state index contributed by atoms with van der Waals surface area (Å²) in [5, 5.41) is 1.72. The summed E-state index contributed by atoms with van der Waals surface area (Å²) in [5.41, 5.74) is 0.635. The molecule has 10 heteroatoms. The standard InChI is InChI=1S/C19H19NO7S2/c21-19(20-14-4-5-17-18(11-14)27-8-7-26-17)13-2-1-3-15(10-13)29(24,25)16-6-9-28(22,23)12-16/h1-5,10-11,16H,6-9,12H2,(H,20,21)/t16-/m0/s1. The molecule has 1 fully saturated rings. The third kappa shape index (κ3) is 4.08. The van der Waals surface area contributed by atoms with Crippen LogP contribution < -0.4 is 14.8 Å². The highest BCUT2D eigenvalue weighted by Gasteiger charge is 2.38. The summed E-state index contributed by atoms with van der Waals surface area (Å²) < 4.78 is 59.8. The van der Waals surface area contributed by atoms with Gasteiger partial charge in [0.25, 0.3) is 5.91 Å². The van der Waals surface area contributed by atoms with Crippen molar-refractivity contribution in [3.8, 4) is 11.5 Å². The molecule has 8 nitrogen and oxygen atoms in total. The first-order valence-electron chi connectivity index (χ1n) is 9.00. The van der Waals surface area contributed by atoms with E-state index in [0.29, 0.717) is 30.4 Å². The van der Waals surface area contributed by atoms with Gasteiger partial charge in [0.05, 0.1) is 21.7 Å². The molecule has 1 amide bonds. The molecule has 0 aromatic heterocycles. The Morgan fingerprint density at radius 2 is 1.79 bits per heavy atom. The molecule has 2 heterocycles. The van der Waals surface area contributed by atoms with Crippen molar-refractivity contribution in [2.24, 2.45) is 0 Å². The first kappa shape index (κ1) is 19.7. The fourth-order valence-corrected chi connectivity index (χ4v) is 7.74. The van der Waals surface area contributed by atoms with E-state index < -0.39 is 30.8 Å². The summed E-state index contributed by atoms with van der Waals surface area (Å²) in [7, 11) is -7.19. The van der Waals surface area contributed by atoms with Crippen molar-refractivity contribution in [1.82, 2.24) is 0 Å². The number of hydrogen-bond donors (Lipinski definition) is 1. The summed E-state index contributed by atoms with van der Waals surface area (Å²) in [6, 6.07) is 10.6. The molecule has 0 saturated carbocycles. The first-order valence-corrected chi connectivity index (χ1v) is 12.4. The summed E-state index contributed by atoms with van der Waals surface area (Å²) in [6.45, 7) is 0.878. The van der Waals surface area contributed by atoms with Crippen molar-refractivity contribution >= 4 is 31.3 Å². The maximum Gasteiger partial charge on any atom is 0.255 e. The van der Waals surface area contributed by atoms with Gasteiger partial charge in [-0.05, 0) is 36.8 Å². The molecule has 2 aromatic rings. The highest BCUT2D eigenvalue weighted by Crippen LogP contribution is 2.33. The van der Waals surface area contributed by atoms with Gasteiger partial charge in [-0.3, -0.25) is 4.79 Å². The third-order valence-electron chi connectivity index (χ3n) is 4.85. The Morgan fingerprint density at radius 3 is 2.52 bits per heavy atom. The number of anilines is 1. The second kappa shape index (κ2) is 7.34.